The third kappa shape index (κ3) is 6.16. The van der Waals surface area contributed by atoms with Crippen molar-refractivity contribution in [2.75, 3.05) is 24.2 Å². The predicted octanol–water partition coefficient (Wildman–Crippen LogP) is 3.56. The standard InChI is InChI=1S/C23H28N4O4S/c1-17-13-18(2)15-20(14-17)27(32(4,29)30)12-8-11-22(28)26(3)16-21-24-23(25-31-21)19-9-6-5-7-10-19/h5-7,9-10,13-15H,8,11-12,16H2,1-4H3. The average Bonchev–Trinajstić information content (AvgIpc) is 3.18. The van der Waals surface area contributed by atoms with E-state index in [1.165, 1.54) is 15.5 Å². The molecular formula is C23H28N4O4S. The molecule has 1 amide bonds. The molecule has 1 heterocycles. The van der Waals surface area contributed by atoms with Gasteiger partial charge in [-0.2, -0.15) is 4.98 Å². The van der Waals surface area contributed by atoms with Crippen LogP contribution in [0.1, 0.15) is 29.9 Å². The lowest BCUT2D eigenvalue weighted by atomic mass is 10.1. The lowest BCUT2D eigenvalue weighted by Crippen LogP contribution is -2.32. The van der Waals surface area contributed by atoms with Crippen LogP contribution < -0.4 is 4.31 Å². The Morgan fingerprint density at radius 2 is 1.72 bits per heavy atom. The molecule has 8 nitrogen and oxygen atoms in total. The monoisotopic (exact) mass is 456 g/mol. The van der Waals surface area contributed by atoms with Gasteiger partial charge in [0.2, 0.25) is 27.6 Å². The molecule has 32 heavy (non-hydrogen) atoms. The molecule has 2 aromatic carbocycles. The van der Waals surface area contributed by atoms with Gasteiger partial charge in [0, 0.05) is 25.6 Å². The Bertz CT molecular complexity index is 1160. The molecule has 0 bridgehead atoms. The maximum Gasteiger partial charge on any atom is 0.246 e. The zero-order valence-electron chi connectivity index (χ0n) is 18.8. The van der Waals surface area contributed by atoms with Crippen LogP contribution >= 0.6 is 0 Å². The summed E-state index contributed by atoms with van der Waals surface area (Å²) < 4.78 is 31.3. The van der Waals surface area contributed by atoms with E-state index in [4.69, 9.17) is 4.52 Å². The lowest BCUT2D eigenvalue weighted by Gasteiger charge is -2.23. The number of hydrogen-bond acceptors (Lipinski definition) is 6. The third-order valence-electron chi connectivity index (χ3n) is 4.94. The molecule has 3 rings (SSSR count). The second kappa shape index (κ2) is 9.95. The molecule has 0 atom stereocenters. The summed E-state index contributed by atoms with van der Waals surface area (Å²) in [6.07, 6.45) is 1.77. The van der Waals surface area contributed by atoms with Crippen LogP contribution in [-0.4, -0.2) is 49.2 Å². The molecule has 0 radical (unpaired) electrons. The van der Waals surface area contributed by atoms with Crippen molar-refractivity contribution >= 4 is 21.6 Å². The Hall–Kier alpha value is -3.20. The van der Waals surface area contributed by atoms with Crippen molar-refractivity contribution in [3.8, 4) is 11.4 Å². The molecule has 0 saturated carbocycles. The fourth-order valence-electron chi connectivity index (χ4n) is 3.46. The van der Waals surface area contributed by atoms with Crippen molar-refractivity contribution in [2.24, 2.45) is 0 Å². The number of amides is 1. The number of nitrogens with zero attached hydrogens (tertiary/aromatic N) is 4. The number of carbonyl (C=O) groups excluding carboxylic acids is 1. The number of aromatic nitrogens is 2. The van der Waals surface area contributed by atoms with Crippen LogP contribution in [0.4, 0.5) is 5.69 Å². The maximum absolute atomic E-state index is 12.6. The first-order valence-electron chi connectivity index (χ1n) is 10.3. The van der Waals surface area contributed by atoms with Crippen LogP contribution in [0.15, 0.2) is 53.1 Å². The largest absolute Gasteiger partial charge is 0.337 e. The van der Waals surface area contributed by atoms with Gasteiger partial charge < -0.3 is 9.42 Å². The van der Waals surface area contributed by atoms with E-state index in [0.29, 0.717) is 23.8 Å². The normalized spacial score (nSPS) is 11.4. The number of anilines is 1. The van der Waals surface area contributed by atoms with Gasteiger partial charge in [-0.3, -0.25) is 9.10 Å². The van der Waals surface area contributed by atoms with Gasteiger partial charge in [-0.15, -0.1) is 0 Å². The number of benzene rings is 2. The first-order valence-corrected chi connectivity index (χ1v) is 12.2. The average molecular weight is 457 g/mol. The van der Waals surface area contributed by atoms with E-state index >= 15 is 0 Å². The van der Waals surface area contributed by atoms with Gasteiger partial charge in [-0.05, 0) is 43.5 Å². The summed E-state index contributed by atoms with van der Waals surface area (Å²) in [5, 5.41) is 3.96. The van der Waals surface area contributed by atoms with E-state index in [0.717, 1.165) is 16.7 Å². The highest BCUT2D eigenvalue weighted by molar-refractivity contribution is 7.92. The zero-order chi connectivity index (χ0) is 23.3. The van der Waals surface area contributed by atoms with E-state index < -0.39 is 10.0 Å². The Kier molecular flexibility index (Phi) is 7.29. The van der Waals surface area contributed by atoms with E-state index in [-0.39, 0.29) is 25.4 Å². The van der Waals surface area contributed by atoms with Crippen molar-refractivity contribution in [1.29, 1.82) is 0 Å². The summed E-state index contributed by atoms with van der Waals surface area (Å²) in [4.78, 5) is 18.4. The molecule has 0 aliphatic heterocycles. The van der Waals surface area contributed by atoms with Crippen molar-refractivity contribution in [2.45, 2.75) is 33.2 Å². The number of carbonyl (C=O) groups is 1. The zero-order valence-corrected chi connectivity index (χ0v) is 19.6. The summed E-state index contributed by atoms with van der Waals surface area (Å²) in [6, 6.07) is 15.1. The maximum atomic E-state index is 12.6. The van der Waals surface area contributed by atoms with Gasteiger partial charge in [-0.25, -0.2) is 8.42 Å². The quantitative estimate of drug-likeness (QED) is 0.488. The molecule has 0 N–H and O–H groups in total. The topological polar surface area (TPSA) is 96.6 Å². The van der Waals surface area contributed by atoms with Gasteiger partial charge in [-0.1, -0.05) is 41.6 Å². The minimum atomic E-state index is -3.47. The summed E-state index contributed by atoms with van der Waals surface area (Å²) >= 11 is 0. The second-order valence-corrected chi connectivity index (χ2v) is 9.82. The van der Waals surface area contributed by atoms with Crippen LogP contribution in [0.3, 0.4) is 0 Å². The summed E-state index contributed by atoms with van der Waals surface area (Å²) in [7, 11) is -1.81. The lowest BCUT2D eigenvalue weighted by molar-refractivity contribution is -0.130. The molecular weight excluding hydrogens is 428 g/mol. The predicted molar refractivity (Wildman–Crippen MR) is 124 cm³/mol. The summed E-state index contributed by atoms with van der Waals surface area (Å²) in [6.45, 7) is 4.26. The first-order chi connectivity index (χ1) is 15.1. The van der Waals surface area contributed by atoms with Crippen LogP contribution in [0.25, 0.3) is 11.4 Å². The molecule has 1 aromatic heterocycles. The minimum absolute atomic E-state index is 0.127. The van der Waals surface area contributed by atoms with Crippen LogP contribution in [0.5, 0.6) is 0 Å². The first kappa shape index (κ1) is 23.5. The number of aryl methyl sites for hydroxylation is 2. The smallest absolute Gasteiger partial charge is 0.246 e. The van der Waals surface area contributed by atoms with Crippen LogP contribution in [0, 0.1) is 13.8 Å². The van der Waals surface area contributed by atoms with E-state index in [9.17, 15) is 13.2 Å². The number of rotatable bonds is 9. The minimum Gasteiger partial charge on any atom is -0.337 e. The molecule has 0 fully saturated rings. The van der Waals surface area contributed by atoms with Crippen molar-refractivity contribution in [3.63, 3.8) is 0 Å². The second-order valence-electron chi connectivity index (χ2n) is 7.91. The third-order valence-corrected chi connectivity index (χ3v) is 6.14. The van der Waals surface area contributed by atoms with Gasteiger partial charge in [0.05, 0.1) is 18.5 Å². The van der Waals surface area contributed by atoms with Crippen molar-refractivity contribution < 1.29 is 17.7 Å². The number of sulfonamides is 1. The van der Waals surface area contributed by atoms with Crippen molar-refractivity contribution in [1.82, 2.24) is 15.0 Å². The highest BCUT2D eigenvalue weighted by atomic mass is 32.2. The van der Waals surface area contributed by atoms with Crippen LogP contribution in [-0.2, 0) is 21.4 Å². The Morgan fingerprint density at radius 1 is 1.06 bits per heavy atom. The van der Waals surface area contributed by atoms with Gasteiger partial charge in [0.1, 0.15) is 0 Å². The molecule has 9 heteroatoms. The van der Waals surface area contributed by atoms with E-state index in [1.807, 2.05) is 62.4 Å². The van der Waals surface area contributed by atoms with E-state index in [1.54, 1.807) is 7.05 Å². The Morgan fingerprint density at radius 3 is 2.34 bits per heavy atom. The summed E-state index contributed by atoms with van der Waals surface area (Å²) in [5.74, 6) is 0.685. The van der Waals surface area contributed by atoms with E-state index in [2.05, 4.69) is 10.1 Å². The summed E-state index contributed by atoms with van der Waals surface area (Å²) in [5.41, 5.74) is 3.42. The van der Waals surface area contributed by atoms with Gasteiger partial charge >= 0.3 is 0 Å². The molecule has 3 aromatic rings. The molecule has 170 valence electrons. The Balaban J connectivity index is 1.57. The molecule has 0 saturated heterocycles. The van der Waals surface area contributed by atoms with Gasteiger partial charge in [0.15, 0.2) is 0 Å². The fraction of sp³-hybridized carbons (Fsp3) is 0.348. The molecule has 0 aliphatic carbocycles. The molecule has 0 unspecified atom stereocenters. The van der Waals surface area contributed by atoms with Crippen LogP contribution in [0.2, 0.25) is 0 Å². The Labute approximate surface area is 188 Å². The molecule has 0 aliphatic rings. The number of hydrogen-bond donors (Lipinski definition) is 0. The fourth-order valence-corrected chi connectivity index (χ4v) is 4.41. The molecule has 0 spiro atoms. The van der Waals surface area contributed by atoms with Crippen molar-refractivity contribution in [3.05, 3.63) is 65.5 Å². The van der Waals surface area contributed by atoms with Gasteiger partial charge in [0.25, 0.3) is 0 Å². The highest BCUT2D eigenvalue weighted by Crippen LogP contribution is 2.22. The highest BCUT2D eigenvalue weighted by Gasteiger charge is 2.20. The SMILES string of the molecule is Cc1cc(C)cc(N(CCCC(=O)N(C)Cc2nc(-c3ccccc3)no2)S(C)(=O)=O)c1.